The van der Waals surface area contributed by atoms with E-state index in [9.17, 15) is 4.39 Å². The van der Waals surface area contributed by atoms with E-state index in [-0.39, 0.29) is 11.9 Å². The number of nitrogens with zero attached hydrogens (tertiary/aromatic N) is 3. The summed E-state index contributed by atoms with van der Waals surface area (Å²) >= 11 is 6.20. The number of aromatic nitrogens is 2. The second kappa shape index (κ2) is 6.80. The lowest BCUT2D eigenvalue weighted by Gasteiger charge is -2.29. The van der Waals surface area contributed by atoms with Gasteiger partial charge in [-0.05, 0) is 37.6 Å². The molecule has 1 atom stereocenters. The Balaban J connectivity index is 1.87. The molecule has 1 aromatic carbocycles. The third kappa shape index (κ3) is 3.33. The molecular weight excluding hydrogens is 301 g/mol. The van der Waals surface area contributed by atoms with Crippen molar-refractivity contribution in [3.05, 3.63) is 52.6 Å². The lowest BCUT2D eigenvalue weighted by molar-refractivity contribution is 0.186. The zero-order valence-corrected chi connectivity index (χ0v) is 13.6. The second-order valence-electron chi connectivity index (χ2n) is 5.95. The fourth-order valence-corrected chi connectivity index (χ4v) is 3.41. The van der Waals surface area contributed by atoms with Crippen molar-refractivity contribution in [3.63, 3.8) is 0 Å². The average Bonchev–Trinajstić information content (AvgIpc) is 2.79. The van der Waals surface area contributed by atoms with E-state index in [1.54, 1.807) is 12.1 Å². The second-order valence-corrected chi connectivity index (χ2v) is 6.36. The van der Waals surface area contributed by atoms with Gasteiger partial charge in [0.15, 0.2) is 0 Å². The normalized spacial score (nSPS) is 20.0. The lowest BCUT2D eigenvalue weighted by Crippen LogP contribution is -2.29. The summed E-state index contributed by atoms with van der Waals surface area (Å²) in [7, 11) is 1.93. The van der Waals surface area contributed by atoms with Crippen molar-refractivity contribution in [2.75, 3.05) is 6.54 Å². The minimum atomic E-state index is -0.225. The summed E-state index contributed by atoms with van der Waals surface area (Å²) in [6, 6.07) is 7.19. The minimum absolute atomic E-state index is 0.225. The molecule has 5 heteroatoms. The molecule has 1 unspecified atom stereocenters. The number of aryl methyl sites for hydroxylation is 1. The molecule has 0 saturated carbocycles. The topological polar surface area (TPSA) is 21.1 Å². The molecule has 22 heavy (non-hydrogen) atoms. The molecule has 1 aliphatic rings. The molecule has 1 aliphatic heterocycles. The smallest absolute Gasteiger partial charge is 0.129 e. The molecule has 118 valence electrons. The summed E-state index contributed by atoms with van der Waals surface area (Å²) < 4.78 is 15.9. The Bertz CT molecular complexity index is 620. The van der Waals surface area contributed by atoms with E-state index in [1.807, 2.05) is 17.9 Å². The third-order valence-corrected chi connectivity index (χ3v) is 4.72. The van der Waals surface area contributed by atoms with Crippen LogP contribution in [0.2, 0.25) is 5.02 Å². The van der Waals surface area contributed by atoms with Gasteiger partial charge in [0.1, 0.15) is 5.82 Å². The van der Waals surface area contributed by atoms with Crippen LogP contribution >= 0.6 is 11.6 Å². The number of likely N-dealkylation sites (tertiary alicyclic amines) is 1. The van der Waals surface area contributed by atoms with Crippen LogP contribution in [-0.2, 0) is 13.6 Å². The molecule has 3 rings (SSSR count). The quantitative estimate of drug-likeness (QED) is 0.839. The number of halogens is 2. The van der Waals surface area contributed by atoms with Crippen LogP contribution in [0.4, 0.5) is 4.39 Å². The molecule has 0 N–H and O–H groups in total. The van der Waals surface area contributed by atoms with Crippen molar-refractivity contribution in [3.8, 4) is 0 Å². The van der Waals surface area contributed by atoms with Crippen LogP contribution in [0.15, 0.2) is 30.5 Å². The van der Waals surface area contributed by atoms with Crippen molar-refractivity contribution >= 4 is 11.6 Å². The zero-order valence-electron chi connectivity index (χ0n) is 12.8. The standard InChI is InChI=1S/C17H21ClFN3/c1-21-11-9-16(20-21)17-8-3-2-4-10-22(17)12-13-14(18)6-5-7-15(13)19/h5-7,9,11,17H,2-4,8,10,12H2,1H3. The number of benzene rings is 1. The highest BCUT2D eigenvalue weighted by atomic mass is 35.5. The maximum atomic E-state index is 14.1. The first-order chi connectivity index (χ1) is 10.6. The summed E-state index contributed by atoms with van der Waals surface area (Å²) in [6.45, 7) is 1.48. The Morgan fingerprint density at radius 3 is 2.86 bits per heavy atom. The van der Waals surface area contributed by atoms with Crippen LogP contribution < -0.4 is 0 Å². The lowest BCUT2D eigenvalue weighted by atomic mass is 10.1. The maximum absolute atomic E-state index is 14.1. The molecule has 3 nitrogen and oxygen atoms in total. The zero-order chi connectivity index (χ0) is 15.5. The highest BCUT2D eigenvalue weighted by Crippen LogP contribution is 2.32. The third-order valence-electron chi connectivity index (χ3n) is 4.36. The van der Waals surface area contributed by atoms with Gasteiger partial charge in [-0.2, -0.15) is 5.10 Å². The molecule has 2 heterocycles. The van der Waals surface area contributed by atoms with Gasteiger partial charge in [0, 0.05) is 30.4 Å². The Kier molecular flexibility index (Phi) is 4.79. The van der Waals surface area contributed by atoms with E-state index in [0.717, 1.165) is 25.1 Å². The summed E-state index contributed by atoms with van der Waals surface area (Å²) in [5, 5.41) is 5.06. The van der Waals surface area contributed by atoms with Crippen LogP contribution in [0.5, 0.6) is 0 Å². The van der Waals surface area contributed by atoms with Crippen LogP contribution in [-0.4, -0.2) is 21.2 Å². The Labute approximate surface area is 135 Å². The molecule has 0 spiro atoms. The molecule has 0 amide bonds. The highest BCUT2D eigenvalue weighted by molar-refractivity contribution is 6.31. The fourth-order valence-electron chi connectivity index (χ4n) is 3.19. The van der Waals surface area contributed by atoms with Gasteiger partial charge in [-0.25, -0.2) is 4.39 Å². The van der Waals surface area contributed by atoms with Crippen molar-refractivity contribution < 1.29 is 4.39 Å². The van der Waals surface area contributed by atoms with E-state index in [4.69, 9.17) is 11.6 Å². The van der Waals surface area contributed by atoms with Gasteiger partial charge >= 0.3 is 0 Å². The van der Waals surface area contributed by atoms with Gasteiger partial charge in [0.2, 0.25) is 0 Å². The molecule has 2 aromatic rings. The molecule has 1 fully saturated rings. The monoisotopic (exact) mass is 321 g/mol. The van der Waals surface area contributed by atoms with Gasteiger partial charge in [0.25, 0.3) is 0 Å². The predicted molar refractivity (Wildman–Crippen MR) is 86.2 cm³/mol. The van der Waals surface area contributed by atoms with Gasteiger partial charge in [-0.1, -0.05) is 30.5 Å². The molecule has 0 aliphatic carbocycles. The van der Waals surface area contributed by atoms with E-state index in [1.165, 1.54) is 18.9 Å². The van der Waals surface area contributed by atoms with Gasteiger partial charge < -0.3 is 0 Å². The Hall–Kier alpha value is -1.39. The Morgan fingerprint density at radius 2 is 2.14 bits per heavy atom. The SMILES string of the molecule is Cn1ccc(C2CCCCCN2Cc2c(F)cccc2Cl)n1. The van der Waals surface area contributed by atoms with Crippen LogP contribution in [0.3, 0.4) is 0 Å². The van der Waals surface area contributed by atoms with E-state index in [2.05, 4.69) is 16.1 Å². The summed E-state index contributed by atoms with van der Waals surface area (Å²) in [5.74, 6) is -0.225. The number of rotatable bonds is 3. The van der Waals surface area contributed by atoms with Crippen molar-refractivity contribution in [2.45, 2.75) is 38.3 Å². The molecular formula is C17H21ClFN3. The number of hydrogen-bond acceptors (Lipinski definition) is 2. The molecule has 0 radical (unpaired) electrons. The maximum Gasteiger partial charge on any atom is 0.129 e. The van der Waals surface area contributed by atoms with Crippen molar-refractivity contribution in [1.82, 2.24) is 14.7 Å². The molecule has 0 bridgehead atoms. The summed E-state index contributed by atoms with van der Waals surface area (Å²) in [4.78, 5) is 2.32. The van der Waals surface area contributed by atoms with Crippen molar-refractivity contribution in [2.24, 2.45) is 7.05 Å². The minimum Gasteiger partial charge on any atom is -0.290 e. The summed E-state index contributed by atoms with van der Waals surface area (Å²) in [5.41, 5.74) is 1.66. The summed E-state index contributed by atoms with van der Waals surface area (Å²) in [6.07, 6.45) is 6.56. The number of hydrogen-bond donors (Lipinski definition) is 0. The molecule has 1 saturated heterocycles. The van der Waals surface area contributed by atoms with Crippen LogP contribution in [0, 0.1) is 5.82 Å². The van der Waals surface area contributed by atoms with E-state index in [0.29, 0.717) is 17.1 Å². The predicted octanol–water partition coefficient (Wildman–Crippen LogP) is 4.33. The fraction of sp³-hybridized carbons (Fsp3) is 0.471. The van der Waals surface area contributed by atoms with E-state index < -0.39 is 0 Å². The van der Waals surface area contributed by atoms with Crippen molar-refractivity contribution in [1.29, 1.82) is 0 Å². The first kappa shape index (κ1) is 15.5. The average molecular weight is 322 g/mol. The van der Waals surface area contributed by atoms with E-state index >= 15 is 0 Å². The first-order valence-electron chi connectivity index (χ1n) is 7.81. The largest absolute Gasteiger partial charge is 0.290 e. The van der Waals surface area contributed by atoms with Gasteiger partial charge in [-0.3, -0.25) is 9.58 Å². The first-order valence-corrected chi connectivity index (χ1v) is 8.19. The Morgan fingerprint density at radius 1 is 1.27 bits per heavy atom. The van der Waals surface area contributed by atoms with Crippen LogP contribution in [0.1, 0.15) is 43.0 Å². The molecule has 1 aromatic heterocycles. The van der Waals surface area contributed by atoms with Gasteiger partial charge in [0.05, 0.1) is 11.7 Å². The van der Waals surface area contributed by atoms with Crippen LogP contribution in [0.25, 0.3) is 0 Å². The highest BCUT2D eigenvalue weighted by Gasteiger charge is 2.25. The van der Waals surface area contributed by atoms with Gasteiger partial charge in [-0.15, -0.1) is 0 Å².